The second kappa shape index (κ2) is 3.67. The summed E-state index contributed by atoms with van der Waals surface area (Å²) >= 11 is 2.98. The summed E-state index contributed by atoms with van der Waals surface area (Å²) in [5.74, 6) is -1.13. The maximum Gasteiger partial charge on any atom is 0.322 e. The third-order valence-corrected chi connectivity index (χ3v) is 2.58. The molecule has 1 aliphatic rings. The van der Waals surface area contributed by atoms with Crippen LogP contribution in [0.2, 0.25) is 0 Å². The van der Waals surface area contributed by atoms with E-state index >= 15 is 0 Å². The molecule has 5 N–H and O–H groups in total. The monoisotopic (exact) mass is 240 g/mol. The number of alkyl halides is 1. The summed E-state index contributed by atoms with van der Waals surface area (Å²) in [6.07, 6.45) is -2.28. The topological polar surface area (TPSA) is 102 Å². The summed E-state index contributed by atoms with van der Waals surface area (Å²) in [5, 5.41) is 31.3. The van der Waals surface area contributed by atoms with Gasteiger partial charge in [-0.25, -0.2) is 0 Å². The first-order chi connectivity index (χ1) is 5.52. The van der Waals surface area contributed by atoms with Gasteiger partial charge < -0.3 is 15.3 Å². The molecule has 1 rings (SSSR count). The van der Waals surface area contributed by atoms with Crippen molar-refractivity contribution < 1.29 is 20.1 Å². The van der Waals surface area contributed by atoms with E-state index in [0.717, 1.165) is 0 Å². The molecule has 0 aromatic rings. The fraction of sp³-hybridized carbons (Fsp3) is 0.800. The summed E-state index contributed by atoms with van der Waals surface area (Å²) in [6.45, 7) is 0. The van der Waals surface area contributed by atoms with Gasteiger partial charge in [0.15, 0.2) is 6.35 Å². The number of carboxylic acid groups (broad SMARTS) is 1. The predicted molar refractivity (Wildman–Crippen MR) is 42.4 cm³/mol. The Balaban J connectivity index is 2.66. The van der Waals surface area contributed by atoms with Crippen LogP contribution in [-0.2, 0) is 4.79 Å². The van der Waals surface area contributed by atoms with E-state index in [2.05, 4.69) is 26.6 Å². The van der Waals surface area contributed by atoms with Crippen LogP contribution >= 0.6 is 15.9 Å². The molecular formula is C5H9BrN2O4. The molecule has 7 heteroatoms. The molecule has 0 aromatic carbocycles. The Hall–Kier alpha value is -0.210. The van der Waals surface area contributed by atoms with Crippen molar-refractivity contribution in [3.63, 3.8) is 0 Å². The number of hydrogen-bond acceptors (Lipinski definition) is 5. The molecule has 1 heterocycles. The number of aliphatic hydroxyl groups excluding tert-OH is 2. The van der Waals surface area contributed by atoms with Crippen LogP contribution in [0.25, 0.3) is 0 Å². The highest BCUT2D eigenvalue weighted by Gasteiger charge is 2.37. The lowest BCUT2D eigenvalue weighted by Crippen LogP contribution is -2.66. The van der Waals surface area contributed by atoms with Gasteiger partial charge in [0, 0.05) is 0 Å². The SMILES string of the molecule is O=C(O)C1NC(O)NC(O)C1Br. The standard InChI is InChI=1S/C5H9BrN2O4/c6-1-2(4(10)11)7-5(12)8-3(1)9/h1-3,5,7-9,12H,(H,10,11). The van der Waals surface area contributed by atoms with Crippen molar-refractivity contribution in [2.75, 3.05) is 0 Å². The molecule has 1 saturated heterocycles. The smallest absolute Gasteiger partial charge is 0.322 e. The van der Waals surface area contributed by atoms with E-state index < -0.39 is 29.4 Å². The van der Waals surface area contributed by atoms with E-state index in [0.29, 0.717) is 0 Å². The van der Waals surface area contributed by atoms with Crippen LogP contribution in [-0.4, -0.2) is 44.7 Å². The molecule has 0 amide bonds. The molecule has 4 atom stereocenters. The minimum Gasteiger partial charge on any atom is -0.480 e. The minimum atomic E-state index is -1.20. The lowest BCUT2D eigenvalue weighted by molar-refractivity contribution is -0.144. The largest absolute Gasteiger partial charge is 0.480 e. The Morgan fingerprint density at radius 3 is 2.42 bits per heavy atom. The number of rotatable bonds is 1. The van der Waals surface area contributed by atoms with Crippen LogP contribution < -0.4 is 10.6 Å². The number of aliphatic hydroxyl groups is 2. The third kappa shape index (κ3) is 1.93. The van der Waals surface area contributed by atoms with Crippen LogP contribution in [0.5, 0.6) is 0 Å². The Morgan fingerprint density at radius 2 is 1.92 bits per heavy atom. The highest BCUT2D eigenvalue weighted by atomic mass is 79.9. The van der Waals surface area contributed by atoms with E-state index in [1.807, 2.05) is 0 Å². The molecule has 0 saturated carbocycles. The Labute approximate surface area is 76.7 Å². The fourth-order valence-electron chi connectivity index (χ4n) is 0.954. The first-order valence-electron chi connectivity index (χ1n) is 3.27. The van der Waals surface area contributed by atoms with Crippen LogP contribution in [0.1, 0.15) is 0 Å². The Morgan fingerprint density at radius 1 is 1.33 bits per heavy atom. The molecule has 0 aliphatic carbocycles. The molecule has 0 radical (unpaired) electrons. The van der Waals surface area contributed by atoms with Crippen molar-refractivity contribution in [2.45, 2.75) is 23.4 Å². The van der Waals surface area contributed by atoms with Crippen molar-refractivity contribution in [1.82, 2.24) is 10.6 Å². The summed E-state index contributed by atoms with van der Waals surface area (Å²) < 4.78 is 0. The number of aliphatic carboxylic acids is 1. The van der Waals surface area contributed by atoms with Gasteiger partial charge in [0.2, 0.25) is 0 Å². The van der Waals surface area contributed by atoms with Crippen molar-refractivity contribution >= 4 is 21.9 Å². The maximum absolute atomic E-state index is 10.5. The zero-order valence-electron chi connectivity index (χ0n) is 5.94. The van der Waals surface area contributed by atoms with Crippen LogP contribution in [0.15, 0.2) is 0 Å². The molecule has 1 aliphatic heterocycles. The number of nitrogens with one attached hydrogen (secondary N) is 2. The van der Waals surface area contributed by atoms with E-state index in [4.69, 9.17) is 15.3 Å². The Kier molecular flexibility index (Phi) is 3.02. The van der Waals surface area contributed by atoms with E-state index in [1.165, 1.54) is 0 Å². The van der Waals surface area contributed by atoms with Gasteiger partial charge in [-0.1, -0.05) is 15.9 Å². The quantitative estimate of drug-likeness (QED) is 0.340. The average Bonchev–Trinajstić information content (AvgIpc) is 1.96. The van der Waals surface area contributed by atoms with Crippen molar-refractivity contribution in [2.24, 2.45) is 0 Å². The van der Waals surface area contributed by atoms with Gasteiger partial charge >= 0.3 is 5.97 Å². The number of halogens is 1. The normalized spacial score (nSPS) is 42.6. The lowest BCUT2D eigenvalue weighted by atomic mass is 10.1. The highest BCUT2D eigenvalue weighted by molar-refractivity contribution is 9.09. The molecule has 70 valence electrons. The average molecular weight is 241 g/mol. The van der Waals surface area contributed by atoms with Gasteiger partial charge in [-0.3, -0.25) is 15.4 Å². The first kappa shape index (κ1) is 9.87. The molecule has 0 spiro atoms. The molecule has 0 aromatic heterocycles. The third-order valence-electron chi connectivity index (χ3n) is 1.55. The molecule has 6 nitrogen and oxygen atoms in total. The van der Waals surface area contributed by atoms with Crippen LogP contribution in [0, 0.1) is 0 Å². The van der Waals surface area contributed by atoms with E-state index in [-0.39, 0.29) is 0 Å². The maximum atomic E-state index is 10.5. The van der Waals surface area contributed by atoms with Gasteiger partial charge in [-0.2, -0.15) is 0 Å². The summed E-state index contributed by atoms with van der Waals surface area (Å²) in [7, 11) is 0. The molecule has 1 fully saturated rings. The van der Waals surface area contributed by atoms with E-state index in [9.17, 15) is 4.79 Å². The van der Waals surface area contributed by atoms with Gasteiger partial charge in [0.05, 0.1) is 4.83 Å². The predicted octanol–water partition coefficient (Wildman–Crippen LogP) is -2.01. The lowest BCUT2D eigenvalue weighted by Gasteiger charge is -2.34. The molecule has 12 heavy (non-hydrogen) atoms. The number of carbonyl (C=O) groups is 1. The minimum absolute atomic E-state index is 0.668. The summed E-state index contributed by atoms with van der Waals surface area (Å²) in [6, 6.07) is -1.00. The van der Waals surface area contributed by atoms with Gasteiger partial charge in [-0.15, -0.1) is 0 Å². The summed E-state index contributed by atoms with van der Waals surface area (Å²) in [4.78, 5) is 9.85. The zero-order chi connectivity index (χ0) is 9.30. The Bertz CT molecular complexity index is 190. The van der Waals surface area contributed by atoms with E-state index in [1.54, 1.807) is 0 Å². The summed E-state index contributed by atoms with van der Waals surface area (Å²) in [5.41, 5.74) is 0. The van der Waals surface area contributed by atoms with Crippen LogP contribution in [0.3, 0.4) is 0 Å². The first-order valence-corrected chi connectivity index (χ1v) is 4.19. The fourth-order valence-corrected chi connectivity index (χ4v) is 1.48. The van der Waals surface area contributed by atoms with Crippen molar-refractivity contribution in [1.29, 1.82) is 0 Å². The number of carboxylic acids is 1. The van der Waals surface area contributed by atoms with Gasteiger partial charge in [0.25, 0.3) is 0 Å². The second-order valence-electron chi connectivity index (χ2n) is 2.44. The molecule has 4 unspecified atom stereocenters. The zero-order valence-corrected chi connectivity index (χ0v) is 7.52. The van der Waals surface area contributed by atoms with Crippen molar-refractivity contribution in [3.05, 3.63) is 0 Å². The number of hydrogen-bond donors (Lipinski definition) is 5. The van der Waals surface area contributed by atoms with Gasteiger partial charge in [-0.05, 0) is 0 Å². The van der Waals surface area contributed by atoms with Crippen LogP contribution in [0.4, 0.5) is 0 Å². The van der Waals surface area contributed by atoms with Gasteiger partial charge in [0.1, 0.15) is 12.3 Å². The highest BCUT2D eigenvalue weighted by Crippen LogP contribution is 2.14. The molecule has 0 bridgehead atoms. The molecular weight excluding hydrogens is 232 g/mol. The van der Waals surface area contributed by atoms with Crippen molar-refractivity contribution in [3.8, 4) is 0 Å². The second-order valence-corrected chi connectivity index (χ2v) is 3.50.